The molecule has 0 aliphatic carbocycles. The normalized spacial score (nSPS) is 14.2. The second kappa shape index (κ2) is 30.6. The number of aliphatic hydroxyl groups excluding tert-OH is 4. The van der Waals surface area contributed by atoms with E-state index in [4.69, 9.17) is 20.4 Å². The maximum atomic E-state index is 9.03. The Labute approximate surface area is 224 Å². The summed E-state index contributed by atoms with van der Waals surface area (Å²) in [6.45, 7) is 25.0. The van der Waals surface area contributed by atoms with Gasteiger partial charge >= 0.3 is 0 Å². The summed E-state index contributed by atoms with van der Waals surface area (Å²) in [6.07, 6.45) is 7.02. The zero-order valence-electron chi connectivity index (χ0n) is 24.6. The fraction of sp³-hybridized carbons (Fsp3) is 1.00. The van der Waals surface area contributed by atoms with Crippen molar-refractivity contribution in [1.29, 1.82) is 0 Å². The number of rotatable bonds is 12. The molecule has 0 amide bonds. The molecular formula is C28H64O4Ti. The molecule has 204 valence electrons. The molecule has 0 aromatic heterocycles. The van der Waals surface area contributed by atoms with Crippen LogP contribution in [0.5, 0.6) is 0 Å². The summed E-state index contributed by atoms with van der Waals surface area (Å²) in [5, 5.41) is 36.1. The van der Waals surface area contributed by atoms with Gasteiger partial charge in [-0.1, -0.05) is 83.1 Å². The molecule has 0 bridgehead atoms. The molecule has 0 saturated heterocycles. The standard InChI is InChI=1S/4C7H16O.Ti/c4*1-4-7(8)5-6(2)3;/h4*6-8H,4-5H2,1-3H3;. The van der Waals surface area contributed by atoms with Gasteiger partial charge < -0.3 is 20.4 Å². The van der Waals surface area contributed by atoms with Gasteiger partial charge in [-0.15, -0.1) is 0 Å². The third-order valence-electron chi connectivity index (χ3n) is 4.86. The second-order valence-electron chi connectivity index (χ2n) is 10.8. The van der Waals surface area contributed by atoms with Crippen LogP contribution < -0.4 is 0 Å². The molecule has 4 atom stereocenters. The molecule has 5 heteroatoms. The Balaban J connectivity index is -0.000000105. The first-order valence-corrected chi connectivity index (χ1v) is 13.4. The van der Waals surface area contributed by atoms with E-state index in [9.17, 15) is 0 Å². The van der Waals surface area contributed by atoms with Crippen molar-refractivity contribution in [1.82, 2.24) is 0 Å². The van der Waals surface area contributed by atoms with E-state index in [0.717, 1.165) is 51.4 Å². The average molecular weight is 513 g/mol. The van der Waals surface area contributed by atoms with Gasteiger partial charge in [-0.2, -0.15) is 0 Å². The van der Waals surface area contributed by atoms with Crippen molar-refractivity contribution in [2.24, 2.45) is 23.7 Å². The molecule has 0 aliphatic rings. The van der Waals surface area contributed by atoms with Crippen LogP contribution in [-0.4, -0.2) is 44.8 Å². The minimum Gasteiger partial charge on any atom is -0.393 e. The summed E-state index contributed by atoms with van der Waals surface area (Å²) in [7, 11) is 0. The molecule has 4 unspecified atom stereocenters. The van der Waals surface area contributed by atoms with Crippen molar-refractivity contribution in [2.45, 2.75) is 159 Å². The molecule has 0 rings (SSSR count). The second-order valence-corrected chi connectivity index (χ2v) is 10.8. The van der Waals surface area contributed by atoms with Crippen molar-refractivity contribution < 1.29 is 42.1 Å². The molecule has 4 N–H and O–H groups in total. The quantitative estimate of drug-likeness (QED) is 0.208. The third-order valence-corrected chi connectivity index (χ3v) is 4.86. The van der Waals surface area contributed by atoms with Gasteiger partial charge in [0.15, 0.2) is 0 Å². The number of hydrogen-bond acceptors (Lipinski definition) is 4. The Morgan fingerprint density at radius 1 is 0.364 bits per heavy atom. The summed E-state index contributed by atoms with van der Waals surface area (Å²) in [5.74, 6) is 2.52. The van der Waals surface area contributed by atoms with Crippen molar-refractivity contribution >= 4 is 0 Å². The maximum Gasteiger partial charge on any atom is 0.0540 e. The first kappa shape index (κ1) is 43.6. The van der Waals surface area contributed by atoms with Crippen LogP contribution in [0.25, 0.3) is 0 Å². The first-order chi connectivity index (χ1) is 14.7. The van der Waals surface area contributed by atoms with E-state index in [2.05, 4.69) is 55.4 Å². The predicted octanol–water partition coefficient (Wildman–Crippen LogP) is 7.21. The van der Waals surface area contributed by atoms with E-state index in [0.29, 0.717) is 23.7 Å². The summed E-state index contributed by atoms with van der Waals surface area (Å²) in [5.41, 5.74) is 0. The van der Waals surface area contributed by atoms with Crippen LogP contribution in [0.15, 0.2) is 0 Å². The Hall–Kier alpha value is 0.554. The first-order valence-electron chi connectivity index (χ1n) is 13.4. The molecule has 0 spiro atoms. The summed E-state index contributed by atoms with van der Waals surface area (Å²) >= 11 is 0. The fourth-order valence-corrected chi connectivity index (χ4v) is 2.84. The maximum absolute atomic E-state index is 9.03. The van der Waals surface area contributed by atoms with E-state index in [1.54, 1.807) is 0 Å². The van der Waals surface area contributed by atoms with Gasteiger partial charge in [-0.25, -0.2) is 0 Å². The molecular weight excluding hydrogens is 448 g/mol. The monoisotopic (exact) mass is 512 g/mol. The fourth-order valence-electron chi connectivity index (χ4n) is 2.84. The molecule has 0 radical (unpaired) electrons. The molecule has 0 aromatic carbocycles. The summed E-state index contributed by atoms with van der Waals surface area (Å²) in [4.78, 5) is 0. The molecule has 0 fully saturated rings. The Morgan fingerprint density at radius 2 is 0.485 bits per heavy atom. The Kier molecular flexibility index (Phi) is 40.4. The summed E-state index contributed by atoms with van der Waals surface area (Å²) in [6, 6.07) is 0. The van der Waals surface area contributed by atoms with Crippen LogP contribution in [-0.2, 0) is 21.7 Å². The van der Waals surface area contributed by atoms with Crippen molar-refractivity contribution in [3.05, 3.63) is 0 Å². The zero-order chi connectivity index (χ0) is 26.3. The molecule has 0 aliphatic heterocycles. The molecule has 0 aromatic rings. The van der Waals surface area contributed by atoms with Gasteiger partial charge in [-0.05, 0) is 75.0 Å². The van der Waals surface area contributed by atoms with Gasteiger partial charge in [0.2, 0.25) is 0 Å². The van der Waals surface area contributed by atoms with Gasteiger partial charge in [0.1, 0.15) is 0 Å². The number of hydrogen-bond donors (Lipinski definition) is 4. The van der Waals surface area contributed by atoms with E-state index in [-0.39, 0.29) is 46.1 Å². The molecule has 0 saturated carbocycles. The molecule has 4 nitrogen and oxygen atoms in total. The van der Waals surface area contributed by atoms with Gasteiger partial charge in [0.05, 0.1) is 24.4 Å². The van der Waals surface area contributed by atoms with E-state index in [1.165, 1.54) is 0 Å². The van der Waals surface area contributed by atoms with Crippen LogP contribution in [0.3, 0.4) is 0 Å². The van der Waals surface area contributed by atoms with Crippen molar-refractivity contribution in [3.63, 3.8) is 0 Å². The Morgan fingerprint density at radius 3 is 0.515 bits per heavy atom. The van der Waals surface area contributed by atoms with Crippen LogP contribution >= 0.6 is 0 Å². The third kappa shape index (κ3) is 50.4. The van der Waals surface area contributed by atoms with E-state index in [1.807, 2.05) is 27.7 Å². The largest absolute Gasteiger partial charge is 0.393 e. The van der Waals surface area contributed by atoms with Gasteiger partial charge in [0.25, 0.3) is 0 Å². The Bertz CT molecular complexity index is 272. The van der Waals surface area contributed by atoms with Crippen LogP contribution in [0.4, 0.5) is 0 Å². The van der Waals surface area contributed by atoms with Crippen LogP contribution in [0.2, 0.25) is 0 Å². The predicted molar refractivity (Wildman–Crippen MR) is 143 cm³/mol. The van der Waals surface area contributed by atoms with E-state index < -0.39 is 0 Å². The SMILES string of the molecule is CCC(O)CC(C)C.CCC(O)CC(C)C.CCC(O)CC(C)C.CCC(O)CC(C)C.[Ti]. The van der Waals surface area contributed by atoms with Crippen LogP contribution in [0, 0.1) is 23.7 Å². The minimum absolute atomic E-state index is 0. The topological polar surface area (TPSA) is 80.9 Å². The van der Waals surface area contributed by atoms with Crippen molar-refractivity contribution in [3.8, 4) is 0 Å². The average Bonchev–Trinajstić information content (AvgIpc) is 2.67. The minimum atomic E-state index is -0.0741. The van der Waals surface area contributed by atoms with Crippen molar-refractivity contribution in [2.75, 3.05) is 0 Å². The van der Waals surface area contributed by atoms with Gasteiger partial charge in [-0.3, -0.25) is 0 Å². The molecule has 33 heavy (non-hydrogen) atoms. The smallest absolute Gasteiger partial charge is 0.0540 e. The van der Waals surface area contributed by atoms with Gasteiger partial charge in [0, 0.05) is 21.7 Å². The zero-order valence-corrected chi connectivity index (χ0v) is 26.1. The van der Waals surface area contributed by atoms with E-state index >= 15 is 0 Å². The summed E-state index contributed by atoms with van der Waals surface area (Å²) < 4.78 is 0. The van der Waals surface area contributed by atoms with Crippen LogP contribution in [0.1, 0.15) is 134 Å². The molecule has 0 heterocycles. The number of aliphatic hydroxyl groups is 4.